The van der Waals surface area contributed by atoms with Crippen LogP contribution in [0.15, 0.2) is 64.4 Å². The zero-order chi connectivity index (χ0) is 20.0. The van der Waals surface area contributed by atoms with Gasteiger partial charge in [-0.05, 0) is 66.3 Å². The number of aliphatic imine (C=N–C) groups is 2. The first-order chi connectivity index (χ1) is 12.9. The van der Waals surface area contributed by atoms with Gasteiger partial charge in [0.05, 0.1) is 6.54 Å². The standard InChI is InChI=1S/C21H24F3N3/c1-5-15(13-27(4)21(23)24)19-9-20(19)18-8-17(22)7-6-16(18)12-26-11-14(2)10-25-3/h5-8,10-11,13,19-21H,1,3,9,12H2,2,4H3/b14-10-,15-13+,26-11?. The molecular formula is C21H24F3N3. The summed E-state index contributed by atoms with van der Waals surface area (Å²) in [6.45, 7) is 6.82. The van der Waals surface area contributed by atoms with Gasteiger partial charge in [-0.3, -0.25) is 9.98 Å². The molecule has 1 fully saturated rings. The Balaban J connectivity index is 2.19. The maximum atomic E-state index is 13.8. The van der Waals surface area contributed by atoms with Gasteiger partial charge in [0.1, 0.15) is 5.82 Å². The van der Waals surface area contributed by atoms with E-state index < -0.39 is 6.55 Å². The molecule has 0 amide bonds. The van der Waals surface area contributed by atoms with Crippen molar-refractivity contribution < 1.29 is 13.2 Å². The first-order valence-corrected chi connectivity index (χ1v) is 8.62. The molecule has 1 aromatic carbocycles. The second-order valence-corrected chi connectivity index (χ2v) is 6.59. The maximum absolute atomic E-state index is 13.8. The molecule has 1 aromatic rings. The molecule has 6 heteroatoms. The van der Waals surface area contributed by atoms with Crippen LogP contribution in [0.3, 0.4) is 0 Å². The molecule has 2 atom stereocenters. The minimum Gasteiger partial charge on any atom is -0.325 e. The summed E-state index contributed by atoms with van der Waals surface area (Å²) in [4.78, 5) is 8.91. The van der Waals surface area contributed by atoms with Gasteiger partial charge in [0.2, 0.25) is 0 Å². The summed E-state index contributed by atoms with van der Waals surface area (Å²) in [5, 5.41) is 0. The van der Waals surface area contributed by atoms with Crippen LogP contribution in [0, 0.1) is 11.7 Å². The smallest absolute Gasteiger partial charge is 0.314 e. The highest BCUT2D eigenvalue weighted by molar-refractivity contribution is 5.77. The van der Waals surface area contributed by atoms with Gasteiger partial charge < -0.3 is 4.90 Å². The predicted molar refractivity (Wildman–Crippen MR) is 105 cm³/mol. The Kier molecular flexibility index (Phi) is 7.16. The van der Waals surface area contributed by atoms with E-state index in [1.165, 1.54) is 25.4 Å². The fourth-order valence-electron chi connectivity index (χ4n) is 3.02. The van der Waals surface area contributed by atoms with E-state index in [9.17, 15) is 13.2 Å². The second kappa shape index (κ2) is 9.35. The first-order valence-electron chi connectivity index (χ1n) is 8.62. The number of nitrogens with zero attached hydrogens (tertiary/aromatic N) is 3. The van der Waals surface area contributed by atoms with Gasteiger partial charge in [-0.25, -0.2) is 4.39 Å². The fourth-order valence-corrected chi connectivity index (χ4v) is 3.02. The molecule has 2 unspecified atom stereocenters. The zero-order valence-electron chi connectivity index (χ0n) is 15.6. The highest BCUT2D eigenvalue weighted by atomic mass is 19.3. The molecule has 0 aliphatic heterocycles. The first kappa shape index (κ1) is 20.7. The third-order valence-electron chi connectivity index (χ3n) is 4.47. The number of alkyl halides is 2. The molecule has 1 aliphatic carbocycles. The van der Waals surface area contributed by atoms with Crippen LogP contribution in [0.1, 0.15) is 30.4 Å². The molecule has 1 saturated carbocycles. The lowest BCUT2D eigenvalue weighted by Gasteiger charge is -2.14. The summed E-state index contributed by atoms with van der Waals surface area (Å²) in [5.41, 5.74) is 3.39. The van der Waals surface area contributed by atoms with Crippen molar-refractivity contribution in [2.24, 2.45) is 15.9 Å². The van der Waals surface area contributed by atoms with Crippen molar-refractivity contribution in [3.8, 4) is 0 Å². The number of halogens is 3. The Morgan fingerprint density at radius 3 is 2.78 bits per heavy atom. The van der Waals surface area contributed by atoms with Crippen molar-refractivity contribution in [2.75, 3.05) is 7.05 Å². The van der Waals surface area contributed by atoms with Crippen molar-refractivity contribution in [3.63, 3.8) is 0 Å². The van der Waals surface area contributed by atoms with Crippen LogP contribution in [0.5, 0.6) is 0 Å². The summed E-state index contributed by atoms with van der Waals surface area (Å²) in [6.07, 6.45) is 7.08. The highest BCUT2D eigenvalue weighted by Gasteiger charge is 2.41. The van der Waals surface area contributed by atoms with Crippen molar-refractivity contribution in [1.82, 2.24) is 4.90 Å². The lowest BCUT2D eigenvalue weighted by molar-refractivity contribution is 0.0221. The molecule has 0 bridgehead atoms. The van der Waals surface area contributed by atoms with E-state index in [4.69, 9.17) is 0 Å². The van der Waals surface area contributed by atoms with Crippen molar-refractivity contribution in [3.05, 3.63) is 71.3 Å². The fraction of sp³-hybridized carbons (Fsp3) is 0.333. The summed E-state index contributed by atoms with van der Waals surface area (Å²) in [5.74, 6) is -0.184. The molecule has 0 heterocycles. The summed E-state index contributed by atoms with van der Waals surface area (Å²) in [6, 6.07) is 4.65. The van der Waals surface area contributed by atoms with E-state index in [1.807, 2.05) is 6.92 Å². The highest BCUT2D eigenvalue weighted by Crippen LogP contribution is 2.53. The molecule has 0 N–H and O–H groups in total. The number of benzene rings is 1. The van der Waals surface area contributed by atoms with E-state index in [1.54, 1.807) is 24.6 Å². The Labute approximate surface area is 158 Å². The van der Waals surface area contributed by atoms with Crippen LogP contribution in [0.25, 0.3) is 0 Å². The van der Waals surface area contributed by atoms with E-state index >= 15 is 0 Å². The Morgan fingerprint density at radius 1 is 1.41 bits per heavy atom. The number of hydrogen-bond acceptors (Lipinski definition) is 3. The van der Waals surface area contributed by atoms with Crippen LogP contribution in [-0.4, -0.2) is 31.4 Å². The third kappa shape index (κ3) is 5.67. The van der Waals surface area contributed by atoms with E-state index in [0.29, 0.717) is 6.54 Å². The molecule has 0 aromatic heterocycles. The van der Waals surface area contributed by atoms with Gasteiger partial charge >= 0.3 is 6.55 Å². The lowest BCUT2D eigenvalue weighted by atomic mass is 9.99. The minimum absolute atomic E-state index is 0.0554. The SMILES string of the molecule is C=C/C(=C\N(C)C(F)F)C1CC1c1cc(F)ccc1CN=C/C(C)=C\N=C. The second-order valence-electron chi connectivity index (χ2n) is 6.59. The Hall–Kier alpha value is -2.63. The van der Waals surface area contributed by atoms with Crippen LogP contribution in [0.4, 0.5) is 13.2 Å². The van der Waals surface area contributed by atoms with Gasteiger partial charge in [-0.2, -0.15) is 8.78 Å². The minimum atomic E-state index is -2.57. The van der Waals surface area contributed by atoms with E-state index in [0.717, 1.165) is 33.6 Å². The van der Waals surface area contributed by atoms with Gasteiger partial charge in [-0.15, -0.1) is 0 Å². The molecule has 0 radical (unpaired) electrons. The Bertz CT molecular complexity index is 781. The number of hydrogen-bond donors (Lipinski definition) is 0. The molecule has 2 rings (SSSR count). The predicted octanol–water partition coefficient (Wildman–Crippen LogP) is 5.33. The monoisotopic (exact) mass is 375 g/mol. The third-order valence-corrected chi connectivity index (χ3v) is 4.47. The van der Waals surface area contributed by atoms with Gasteiger partial charge in [0, 0.05) is 25.7 Å². The number of allylic oxidation sites excluding steroid dienone is 3. The maximum Gasteiger partial charge on any atom is 0.314 e. The molecule has 0 spiro atoms. The van der Waals surface area contributed by atoms with Crippen LogP contribution < -0.4 is 0 Å². The lowest BCUT2D eigenvalue weighted by Crippen LogP contribution is -2.18. The van der Waals surface area contributed by atoms with Crippen LogP contribution in [0.2, 0.25) is 0 Å². The topological polar surface area (TPSA) is 28.0 Å². The van der Waals surface area contributed by atoms with Crippen LogP contribution in [-0.2, 0) is 6.54 Å². The van der Waals surface area contributed by atoms with Crippen LogP contribution >= 0.6 is 0 Å². The van der Waals surface area contributed by atoms with Gasteiger partial charge in [-0.1, -0.05) is 18.7 Å². The van der Waals surface area contributed by atoms with E-state index in [-0.39, 0.29) is 17.7 Å². The van der Waals surface area contributed by atoms with Crippen molar-refractivity contribution in [2.45, 2.75) is 32.4 Å². The molecule has 144 valence electrons. The molecule has 0 saturated heterocycles. The van der Waals surface area contributed by atoms with Crippen molar-refractivity contribution >= 4 is 12.9 Å². The quantitative estimate of drug-likeness (QED) is 0.326. The molecule has 27 heavy (non-hydrogen) atoms. The molecule has 1 aliphatic rings. The molecular weight excluding hydrogens is 351 g/mol. The average molecular weight is 375 g/mol. The average Bonchev–Trinajstić information content (AvgIpc) is 3.41. The largest absolute Gasteiger partial charge is 0.325 e. The normalized spacial score (nSPS) is 20.2. The zero-order valence-corrected chi connectivity index (χ0v) is 15.6. The van der Waals surface area contributed by atoms with Crippen molar-refractivity contribution in [1.29, 1.82) is 0 Å². The Morgan fingerprint density at radius 2 is 2.15 bits per heavy atom. The van der Waals surface area contributed by atoms with Gasteiger partial charge in [0.15, 0.2) is 0 Å². The number of rotatable bonds is 9. The van der Waals surface area contributed by atoms with E-state index in [2.05, 4.69) is 23.3 Å². The molecule has 3 nitrogen and oxygen atoms in total. The summed E-state index contributed by atoms with van der Waals surface area (Å²) in [7, 11) is 1.32. The summed E-state index contributed by atoms with van der Waals surface area (Å²) >= 11 is 0. The van der Waals surface area contributed by atoms with Gasteiger partial charge in [0.25, 0.3) is 0 Å². The summed E-state index contributed by atoms with van der Waals surface area (Å²) < 4.78 is 39.3.